The van der Waals surface area contributed by atoms with E-state index in [1.54, 1.807) is 0 Å². The Morgan fingerprint density at radius 1 is 1.08 bits per heavy atom. The minimum absolute atomic E-state index is 0.00770. The molecule has 4 nitrogen and oxygen atoms in total. The lowest BCUT2D eigenvalue weighted by molar-refractivity contribution is -0.275. The average molecular weight is 358 g/mol. The maximum absolute atomic E-state index is 12.5. The van der Waals surface area contributed by atoms with Crippen LogP contribution in [0, 0.1) is 0 Å². The smallest absolute Gasteiger partial charge is 0.478 e. The molecule has 0 radical (unpaired) electrons. The van der Waals surface area contributed by atoms with Gasteiger partial charge in [-0.15, -0.1) is 13.2 Å². The normalized spacial score (nSPS) is 11.0. The molecule has 0 saturated heterocycles. The van der Waals surface area contributed by atoms with Crippen LogP contribution in [0.4, 0.5) is 13.2 Å². The van der Waals surface area contributed by atoms with Crippen LogP contribution in [0.15, 0.2) is 53.4 Å². The van der Waals surface area contributed by atoms with E-state index in [1.807, 2.05) is 30.3 Å². The third-order valence-corrected chi connectivity index (χ3v) is 3.62. The maximum Gasteiger partial charge on any atom is 0.573 e. The molecule has 0 bridgehead atoms. The van der Waals surface area contributed by atoms with Crippen molar-refractivity contribution in [3.63, 3.8) is 0 Å². The van der Waals surface area contributed by atoms with E-state index < -0.39 is 18.1 Å². The quantitative estimate of drug-likeness (QED) is 0.432. The van der Waals surface area contributed by atoms with Gasteiger partial charge in [-0.05, 0) is 24.3 Å². The van der Waals surface area contributed by atoms with E-state index in [0.29, 0.717) is 0 Å². The van der Waals surface area contributed by atoms with Gasteiger partial charge in [0.25, 0.3) is 0 Å². The van der Waals surface area contributed by atoms with Crippen LogP contribution in [-0.4, -0.2) is 25.4 Å². The number of thioether (sulfide) groups is 1. The molecule has 128 valence electrons. The second-order valence-electron chi connectivity index (χ2n) is 4.39. The van der Waals surface area contributed by atoms with Crippen LogP contribution in [0.25, 0.3) is 0 Å². The molecule has 0 aromatic heterocycles. The highest BCUT2D eigenvalue weighted by molar-refractivity contribution is 7.99. The largest absolute Gasteiger partial charge is 0.573 e. The van der Waals surface area contributed by atoms with E-state index >= 15 is 0 Å². The zero-order chi connectivity index (χ0) is 17.6. The third kappa shape index (κ3) is 5.09. The Balaban J connectivity index is 2.21. The summed E-state index contributed by atoms with van der Waals surface area (Å²) in [7, 11) is 1.13. The minimum Gasteiger partial charge on any atom is -0.478 e. The van der Waals surface area contributed by atoms with Crippen LogP contribution in [-0.2, 0) is 4.74 Å². The number of para-hydroxylation sites is 1. The zero-order valence-electron chi connectivity index (χ0n) is 12.5. The van der Waals surface area contributed by atoms with Crippen LogP contribution in [0.1, 0.15) is 10.4 Å². The number of ether oxygens (including phenoxy) is 3. The average Bonchev–Trinajstić information content (AvgIpc) is 2.55. The van der Waals surface area contributed by atoms with Crippen molar-refractivity contribution in [1.82, 2.24) is 0 Å². The molecule has 0 amide bonds. The van der Waals surface area contributed by atoms with Crippen molar-refractivity contribution in [1.29, 1.82) is 0 Å². The van der Waals surface area contributed by atoms with Crippen molar-refractivity contribution in [2.45, 2.75) is 11.3 Å². The number of halogens is 3. The molecule has 24 heavy (non-hydrogen) atoms. The fraction of sp³-hybridized carbons (Fsp3) is 0.188. The lowest BCUT2D eigenvalue weighted by Gasteiger charge is -2.16. The van der Waals surface area contributed by atoms with Gasteiger partial charge in [-0.1, -0.05) is 36.0 Å². The maximum atomic E-state index is 12.5. The second-order valence-corrected chi connectivity index (χ2v) is 5.39. The standard InChI is InChI=1S/C16H13F3O4S/c1-21-15(20)12-8-5-9-13(23-16(17,18)19)14(12)22-10-24-11-6-3-2-4-7-11/h2-9H,10H2,1H3. The minimum atomic E-state index is -4.90. The van der Waals surface area contributed by atoms with Crippen LogP contribution >= 0.6 is 11.8 Å². The Labute approximate surface area is 140 Å². The van der Waals surface area contributed by atoms with E-state index in [1.165, 1.54) is 23.9 Å². The number of carbonyl (C=O) groups is 1. The van der Waals surface area contributed by atoms with Gasteiger partial charge in [-0.2, -0.15) is 0 Å². The van der Waals surface area contributed by atoms with Crippen LogP contribution < -0.4 is 9.47 Å². The summed E-state index contributed by atoms with van der Waals surface area (Å²) in [6.07, 6.45) is -4.90. The first-order chi connectivity index (χ1) is 11.4. The number of hydrogen-bond acceptors (Lipinski definition) is 5. The van der Waals surface area contributed by atoms with E-state index in [-0.39, 0.29) is 17.3 Å². The lowest BCUT2D eigenvalue weighted by atomic mass is 10.2. The summed E-state index contributed by atoms with van der Waals surface area (Å²) < 4.78 is 51.4. The zero-order valence-corrected chi connectivity index (χ0v) is 13.3. The van der Waals surface area contributed by atoms with Crippen molar-refractivity contribution < 1.29 is 32.2 Å². The molecular formula is C16H13F3O4S. The van der Waals surface area contributed by atoms with Crippen molar-refractivity contribution in [2.24, 2.45) is 0 Å². The molecule has 0 aliphatic heterocycles. The molecule has 0 unspecified atom stereocenters. The highest BCUT2D eigenvalue weighted by atomic mass is 32.2. The number of rotatable bonds is 6. The molecule has 0 heterocycles. The Kier molecular flexibility index (Phi) is 5.97. The molecule has 0 spiro atoms. The van der Waals surface area contributed by atoms with Crippen molar-refractivity contribution in [3.8, 4) is 11.5 Å². The first-order valence-corrected chi connectivity index (χ1v) is 7.67. The number of methoxy groups -OCH3 is 1. The SMILES string of the molecule is COC(=O)c1cccc(OC(F)(F)F)c1OCSc1ccccc1. The molecule has 2 aromatic rings. The lowest BCUT2D eigenvalue weighted by Crippen LogP contribution is -2.18. The topological polar surface area (TPSA) is 44.8 Å². The van der Waals surface area contributed by atoms with E-state index in [2.05, 4.69) is 9.47 Å². The summed E-state index contributed by atoms with van der Waals surface area (Å²) in [5.41, 5.74) is -0.145. The second kappa shape index (κ2) is 7.96. The van der Waals surface area contributed by atoms with Gasteiger partial charge in [-0.25, -0.2) is 4.79 Å². The van der Waals surface area contributed by atoms with Crippen LogP contribution in [0.5, 0.6) is 11.5 Å². The molecule has 2 rings (SSSR count). The first-order valence-electron chi connectivity index (χ1n) is 6.68. The number of esters is 1. The highest BCUT2D eigenvalue weighted by Gasteiger charge is 2.33. The molecule has 0 saturated carbocycles. The number of hydrogen-bond donors (Lipinski definition) is 0. The number of benzene rings is 2. The Morgan fingerprint density at radius 2 is 1.79 bits per heavy atom. The molecule has 0 N–H and O–H groups in total. The third-order valence-electron chi connectivity index (χ3n) is 2.78. The van der Waals surface area contributed by atoms with Crippen LogP contribution in [0.3, 0.4) is 0 Å². The highest BCUT2D eigenvalue weighted by Crippen LogP contribution is 2.36. The number of alkyl halides is 3. The monoisotopic (exact) mass is 358 g/mol. The Hall–Kier alpha value is -2.35. The summed E-state index contributed by atoms with van der Waals surface area (Å²) >= 11 is 1.26. The van der Waals surface area contributed by atoms with Crippen LogP contribution in [0.2, 0.25) is 0 Å². The molecule has 8 heteroatoms. The van der Waals surface area contributed by atoms with E-state index in [4.69, 9.17) is 4.74 Å². The summed E-state index contributed by atoms with van der Waals surface area (Å²) in [6.45, 7) is 0. The Bertz CT molecular complexity index is 689. The predicted molar refractivity (Wildman–Crippen MR) is 82.3 cm³/mol. The molecule has 0 atom stereocenters. The number of carbonyl (C=O) groups excluding carboxylic acids is 1. The van der Waals surface area contributed by atoms with Gasteiger partial charge in [0.1, 0.15) is 11.5 Å². The van der Waals surface area contributed by atoms with Gasteiger partial charge >= 0.3 is 12.3 Å². The first kappa shape index (κ1) is 18.0. The van der Waals surface area contributed by atoms with E-state index in [0.717, 1.165) is 18.1 Å². The van der Waals surface area contributed by atoms with Gasteiger partial charge in [0.05, 0.1) is 7.11 Å². The molecular weight excluding hydrogens is 345 g/mol. The fourth-order valence-electron chi connectivity index (χ4n) is 1.81. The molecule has 0 aliphatic rings. The predicted octanol–water partition coefficient (Wildman–Crippen LogP) is 4.50. The van der Waals surface area contributed by atoms with Gasteiger partial charge in [0, 0.05) is 4.90 Å². The summed E-state index contributed by atoms with van der Waals surface area (Å²) in [4.78, 5) is 12.6. The Morgan fingerprint density at radius 3 is 2.42 bits per heavy atom. The summed E-state index contributed by atoms with van der Waals surface area (Å²) in [5.74, 6) is -1.74. The van der Waals surface area contributed by atoms with Crippen molar-refractivity contribution >= 4 is 17.7 Å². The fourth-order valence-corrected chi connectivity index (χ4v) is 2.48. The van der Waals surface area contributed by atoms with Gasteiger partial charge < -0.3 is 14.2 Å². The van der Waals surface area contributed by atoms with Crippen molar-refractivity contribution in [3.05, 3.63) is 54.1 Å². The van der Waals surface area contributed by atoms with Gasteiger partial charge in [0.15, 0.2) is 11.5 Å². The van der Waals surface area contributed by atoms with E-state index in [9.17, 15) is 18.0 Å². The molecule has 2 aromatic carbocycles. The molecule has 0 aliphatic carbocycles. The summed E-state index contributed by atoms with van der Waals surface area (Å²) in [5, 5.41) is 0. The summed E-state index contributed by atoms with van der Waals surface area (Å²) in [6, 6.07) is 12.8. The van der Waals surface area contributed by atoms with Gasteiger partial charge in [-0.3, -0.25) is 0 Å². The van der Waals surface area contributed by atoms with Crippen molar-refractivity contribution in [2.75, 3.05) is 13.0 Å². The molecule has 0 fully saturated rings. The van der Waals surface area contributed by atoms with Gasteiger partial charge in [0.2, 0.25) is 0 Å².